The molecule has 0 aromatic carbocycles. The second kappa shape index (κ2) is 6.32. The molecule has 6 aliphatic carbocycles. The summed E-state index contributed by atoms with van der Waals surface area (Å²) in [4.78, 5) is 27.6. The van der Waals surface area contributed by atoms with Gasteiger partial charge in [0, 0.05) is 53.6 Å². The standard InChI is InChI=1S/C27H37NO7/c1-6-11(2)22(32)35-15-9-26-18-14-8-25-7-12(3)16(17(30)19(25)26)20(31)27(25,33)23(26)28(14)10-24(18,5)21(15)34-13(4)29/h11,14-21,23,30-31,33H,3,6-10H2,1-2,4-5H3/t11?,14-,15+,16+,17+,18+,19+,20?,21+,23?,24-,25+,26-,27?/m0/s1. The molecule has 5 unspecified atom stereocenters. The SMILES string of the molecule is C=C1C[C@]23C[C@H]4[C@@H]5[C@]6(C)CN4C4C2(O)C(O)[C@H]1[C@@H](O)[C@H]3[C@@]45C[C@@H](OC(=O)C(C)CC)[C@H]6OC(C)=O. The molecule has 3 N–H and O–H groups in total. The molecule has 3 aliphatic heterocycles. The van der Waals surface area contributed by atoms with Crippen LogP contribution in [0.1, 0.15) is 53.4 Å². The lowest BCUT2D eigenvalue weighted by Gasteiger charge is -2.68. The molecule has 9 aliphatic rings. The number of fused-ring (bicyclic) bond motifs is 1. The highest BCUT2D eigenvalue weighted by atomic mass is 16.6. The smallest absolute Gasteiger partial charge is 0.309 e. The van der Waals surface area contributed by atoms with Crippen LogP contribution >= 0.6 is 0 Å². The van der Waals surface area contributed by atoms with Gasteiger partial charge in [-0.1, -0.05) is 32.9 Å². The maximum Gasteiger partial charge on any atom is 0.309 e. The number of aliphatic hydroxyl groups is 3. The van der Waals surface area contributed by atoms with E-state index in [9.17, 15) is 24.9 Å². The molecule has 9 rings (SSSR count). The zero-order valence-electron chi connectivity index (χ0n) is 20.9. The first-order valence-corrected chi connectivity index (χ1v) is 13.3. The van der Waals surface area contributed by atoms with E-state index in [0.29, 0.717) is 32.2 Å². The number of aliphatic hydroxyl groups excluding tert-OH is 2. The highest BCUT2D eigenvalue weighted by molar-refractivity contribution is 5.72. The topological polar surface area (TPSA) is 117 Å². The summed E-state index contributed by atoms with van der Waals surface area (Å²) in [7, 11) is 0. The number of carbonyl (C=O) groups excluding carboxylic acids is 2. The van der Waals surface area contributed by atoms with E-state index in [1.165, 1.54) is 6.92 Å². The molecular weight excluding hydrogens is 450 g/mol. The van der Waals surface area contributed by atoms with Crippen LogP contribution in [-0.4, -0.2) is 80.8 Å². The van der Waals surface area contributed by atoms with Gasteiger partial charge in [-0.2, -0.15) is 0 Å². The van der Waals surface area contributed by atoms with E-state index in [0.717, 1.165) is 5.57 Å². The van der Waals surface area contributed by atoms with Crippen molar-refractivity contribution in [3.8, 4) is 0 Å². The summed E-state index contributed by atoms with van der Waals surface area (Å²) in [5, 5.41) is 35.8. The molecule has 35 heavy (non-hydrogen) atoms. The maximum absolute atomic E-state index is 13.0. The van der Waals surface area contributed by atoms with Gasteiger partial charge in [0.05, 0.1) is 18.1 Å². The van der Waals surface area contributed by atoms with Crippen molar-refractivity contribution in [2.24, 2.45) is 39.9 Å². The van der Waals surface area contributed by atoms with Crippen molar-refractivity contribution < 1.29 is 34.4 Å². The van der Waals surface area contributed by atoms with Gasteiger partial charge in [0.25, 0.3) is 0 Å². The van der Waals surface area contributed by atoms with Crippen LogP contribution in [0, 0.1) is 39.9 Å². The van der Waals surface area contributed by atoms with Gasteiger partial charge in [0.2, 0.25) is 0 Å². The van der Waals surface area contributed by atoms with E-state index in [2.05, 4.69) is 18.4 Å². The molecule has 0 radical (unpaired) electrons. The third-order valence-corrected chi connectivity index (χ3v) is 12.1. The number of hydrogen-bond donors (Lipinski definition) is 3. The lowest BCUT2D eigenvalue weighted by atomic mass is 9.38. The first-order chi connectivity index (χ1) is 16.4. The van der Waals surface area contributed by atoms with Crippen molar-refractivity contribution >= 4 is 11.9 Å². The van der Waals surface area contributed by atoms with Crippen LogP contribution in [0.3, 0.4) is 0 Å². The van der Waals surface area contributed by atoms with Gasteiger partial charge in [-0.05, 0) is 31.6 Å². The third-order valence-electron chi connectivity index (χ3n) is 12.1. The first-order valence-electron chi connectivity index (χ1n) is 13.3. The summed E-state index contributed by atoms with van der Waals surface area (Å²) in [5.41, 5.74) is -2.15. The fourth-order valence-electron chi connectivity index (χ4n) is 11.5. The minimum Gasteiger partial charge on any atom is -0.458 e. The van der Waals surface area contributed by atoms with Crippen LogP contribution in [0.15, 0.2) is 12.2 Å². The van der Waals surface area contributed by atoms with Crippen LogP contribution in [0.25, 0.3) is 0 Å². The molecule has 15 atom stereocenters. The van der Waals surface area contributed by atoms with Gasteiger partial charge >= 0.3 is 11.9 Å². The number of esters is 2. The number of hydrogen-bond acceptors (Lipinski definition) is 8. The molecular formula is C27H37NO7. The summed E-state index contributed by atoms with van der Waals surface area (Å²) in [5.74, 6) is -1.69. The van der Waals surface area contributed by atoms with Crippen molar-refractivity contribution in [2.75, 3.05) is 6.54 Å². The molecule has 3 saturated heterocycles. The lowest BCUT2D eigenvalue weighted by Crippen LogP contribution is -2.76. The highest BCUT2D eigenvalue weighted by Gasteiger charge is 2.95. The second-order valence-electron chi connectivity index (χ2n) is 13.2. The van der Waals surface area contributed by atoms with Gasteiger partial charge in [-0.3, -0.25) is 14.5 Å². The van der Waals surface area contributed by atoms with Crippen LogP contribution in [0.2, 0.25) is 0 Å². The van der Waals surface area contributed by atoms with Gasteiger partial charge in [0.15, 0.2) is 0 Å². The van der Waals surface area contributed by atoms with Gasteiger partial charge in [-0.25, -0.2) is 0 Å². The summed E-state index contributed by atoms with van der Waals surface area (Å²) in [6.45, 7) is 12.1. The second-order valence-corrected chi connectivity index (χ2v) is 13.2. The normalized spacial score (nSPS) is 60.7. The number of carbonyl (C=O) groups is 2. The Bertz CT molecular complexity index is 1060. The zero-order chi connectivity index (χ0) is 25.0. The predicted octanol–water partition coefficient (Wildman–Crippen LogP) is 1.02. The van der Waals surface area contributed by atoms with Crippen molar-refractivity contribution in [2.45, 2.75) is 95.5 Å². The Morgan fingerprint density at radius 1 is 1.23 bits per heavy atom. The number of rotatable bonds is 4. The summed E-state index contributed by atoms with van der Waals surface area (Å²) in [6, 6.07) is -0.143. The first kappa shape index (κ1) is 22.7. The molecule has 3 heterocycles. The Morgan fingerprint density at radius 2 is 1.94 bits per heavy atom. The Balaban J connectivity index is 1.40. The molecule has 192 valence electrons. The van der Waals surface area contributed by atoms with E-state index in [4.69, 9.17) is 9.47 Å². The van der Waals surface area contributed by atoms with Gasteiger partial charge in [0.1, 0.15) is 17.8 Å². The van der Waals surface area contributed by atoms with Crippen LogP contribution in [0.5, 0.6) is 0 Å². The van der Waals surface area contributed by atoms with Crippen molar-refractivity contribution in [3.05, 3.63) is 12.2 Å². The summed E-state index contributed by atoms with van der Waals surface area (Å²) < 4.78 is 12.1. The predicted molar refractivity (Wildman–Crippen MR) is 123 cm³/mol. The van der Waals surface area contributed by atoms with Crippen molar-refractivity contribution in [3.63, 3.8) is 0 Å². The fraction of sp³-hybridized carbons (Fsp3) is 0.852. The average Bonchev–Trinajstić information content (AvgIpc) is 3.21. The number of piperidine rings is 2. The number of nitrogens with zero attached hydrogens (tertiary/aromatic N) is 1. The maximum atomic E-state index is 13.0. The lowest BCUT2D eigenvalue weighted by molar-refractivity contribution is -0.282. The van der Waals surface area contributed by atoms with Gasteiger partial charge < -0.3 is 24.8 Å². The summed E-state index contributed by atoms with van der Waals surface area (Å²) in [6.07, 6.45) is -0.752. The van der Waals surface area contributed by atoms with Gasteiger partial charge in [-0.15, -0.1) is 0 Å². The highest BCUT2D eigenvalue weighted by Crippen LogP contribution is 2.88. The Labute approximate surface area is 205 Å². The zero-order valence-corrected chi connectivity index (χ0v) is 20.9. The Kier molecular flexibility index (Phi) is 4.10. The molecule has 6 saturated carbocycles. The molecule has 8 nitrogen and oxygen atoms in total. The van der Waals surface area contributed by atoms with Crippen LogP contribution in [0.4, 0.5) is 0 Å². The van der Waals surface area contributed by atoms with Crippen LogP contribution in [-0.2, 0) is 19.1 Å². The average molecular weight is 488 g/mol. The largest absolute Gasteiger partial charge is 0.458 e. The summed E-state index contributed by atoms with van der Waals surface area (Å²) >= 11 is 0. The van der Waals surface area contributed by atoms with Crippen LogP contribution < -0.4 is 0 Å². The van der Waals surface area contributed by atoms with Crippen molar-refractivity contribution in [1.29, 1.82) is 0 Å². The third kappa shape index (κ3) is 2.05. The molecule has 0 aromatic heterocycles. The minimum absolute atomic E-state index is 0.0713. The quantitative estimate of drug-likeness (QED) is 0.398. The fourth-order valence-corrected chi connectivity index (χ4v) is 11.5. The van der Waals surface area contributed by atoms with Crippen molar-refractivity contribution in [1.82, 2.24) is 4.90 Å². The molecule has 9 fully saturated rings. The van der Waals surface area contributed by atoms with E-state index < -0.39 is 58.1 Å². The molecule has 0 aromatic rings. The van der Waals surface area contributed by atoms with E-state index in [-0.39, 0.29) is 35.8 Å². The monoisotopic (exact) mass is 487 g/mol. The Morgan fingerprint density at radius 3 is 2.60 bits per heavy atom. The molecule has 0 amide bonds. The van der Waals surface area contributed by atoms with E-state index in [1.54, 1.807) is 0 Å². The Hall–Kier alpha value is -1.48. The molecule has 2 spiro atoms. The van der Waals surface area contributed by atoms with E-state index >= 15 is 0 Å². The molecule has 9 bridgehead atoms. The minimum atomic E-state index is -1.34. The number of ether oxygens (including phenoxy) is 2. The van der Waals surface area contributed by atoms with E-state index in [1.807, 2.05) is 13.8 Å². The molecule has 8 heteroatoms.